The normalized spacial score (nSPS) is 33.2. The summed E-state index contributed by atoms with van der Waals surface area (Å²) in [7, 11) is -6.31. The lowest BCUT2D eigenvalue weighted by Crippen LogP contribution is -2.51. The molecule has 1 aliphatic heterocycles. The van der Waals surface area contributed by atoms with Crippen LogP contribution in [0.15, 0.2) is 0 Å². The third-order valence-corrected chi connectivity index (χ3v) is 6.96. The maximum Gasteiger partial charge on any atom is 0.218 e. The fourth-order valence-corrected chi connectivity index (χ4v) is 5.61. The highest BCUT2D eigenvalue weighted by atomic mass is 32.3. The highest BCUT2D eigenvalue weighted by Gasteiger charge is 2.51. The number of hydrogen-bond donors (Lipinski definition) is 7. The van der Waals surface area contributed by atoms with Gasteiger partial charge in [-0.1, -0.05) is 0 Å². The van der Waals surface area contributed by atoms with Gasteiger partial charge in [0, 0.05) is 10.9 Å². The molecule has 0 aromatic rings. The predicted octanol–water partition coefficient (Wildman–Crippen LogP) is -5.38. The lowest BCUT2D eigenvalue weighted by molar-refractivity contribution is -0.100. The van der Waals surface area contributed by atoms with Crippen molar-refractivity contribution in [2.45, 2.75) is 41.9 Å². The Hall–Kier alpha value is -0.0600. The van der Waals surface area contributed by atoms with Crippen molar-refractivity contribution in [3.63, 3.8) is 0 Å². The Kier molecular flexibility index (Phi) is 8.28. The SMILES string of the molecule is O=S(=O)([O-])OC(C(O)C[S+]1C[C@@H](O)[C@H](O)[C@H]1CO)C(O)C(O)CO. The van der Waals surface area contributed by atoms with Gasteiger partial charge in [-0.25, -0.2) is 8.42 Å². The second-order valence-corrected chi connectivity index (χ2v) is 8.78. The Bertz CT molecular complexity index is 486. The standard InChI is InChI=1S/C11H22O11S2/c12-1-5(14)10(18)11(22-24(19,20)21)7(16)4-23-3-6(15)9(17)8(23)2-13/h5-18H,1-4H2/t5?,6-,7?,8-,9+,10?,11?,23?/m1/s1. The molecule has 1 saturated heterocycles. The lowest BCUT2D eigenvalue weighted by Gasteiger charge is -2.30. The lowest BCUT2D eigenvalue weighted by atomic mass is 10.0. The molecule has 0 aromatic heterocycles. The highest BCUT2D eigenvalue weighted by molar-refractivity contribution is 7.97. The van der Waals surface area contributed by atoms with Crippen molar-refractivity contribution in [3.05, 3.63) is 0 Å². The molecule has 13 heteroatoms. The van der Waals surface area contributed by atoms with Crippen LogP contribution in [0, 0.1) is 0 Å². The van der Waals surface area contributed by atoms with E-state index in [4.69, 9.17) is 5.11 Å². The first kappa shape index (κ1) is 22.0. The van der Waals surface area contributed by atoms with Crippen molar-refractivity contribution in [2.75, 3.05) is 24.7 Å². The van der Waals surface area contributed by atoms with Gasteiger partial charge in [-0.05, 0) is 0 Å². The third kappa shape index (κ3) is 5.74. The van der Waals surface area contributed by atoms with E-state index in [9.17, 15) is 43.6 Å². The predicted molar refractivity (Wildman–Crippen MR) is 79.7 cm³/mol. The van der Waals surface area contributed by atoms with E-state index in [1.807, 2.05) is 0 Å². The smallest absolute Gasteiger partial charge is 0.218 e. The van der Waals surface area contributed by atoms with Crippen LogP contribution in [0.1, 0.15) is 0 Å². The average Bonchev–Trinajstić information content (AvgIpc) is 2.76. The molecule has 11 nitrogen and oxygen atoms in total. The molecule has 0 aliphatic carbocycles. The van der Waals surface area contributed by atoms with Gasteiger partial charge < -0.3 is 40.3 Å². The minimum atomic E-state index is -5.34. The van der Waals surface area contributed by atoms with Gasteiger partial charge in [0.1, 0.15) is 48.1 Å². The molecule has 0 spiro atoms. The van der Waals surface area contributed by atoms with E-state index in [1.165, 1.54) is 0 Å². The van der Waals surface area contributed by atoms with Crippen LogP contribution in [0.25, 0.3) is 0 Å². The summed E-state index contributed by atoms with van der Waals surface area (Å²) in [4.78, 5) is 0. The summed E-state index contributed by atoms with van der Waals surface area (Å²) in [5, 5.41) is 65.9. The molecule has 0 bridgehead atoms. The molecule has 1 heterocycles. The molecule has 0 amide bonds. The van der Waals surface area contributed by atoms with Crippen molar-refractivity contribution >= 4 is 21.3 Å². The van der Waals surface area contributed by atoms with Crippen molar-refractivity contribution < 1.29 is 52.9 Å². The zero-order valence-electron chi connectivity index (χ0n) is 12.4. The summed E-state index contributed by atoms with van der Waals surface area (Å²) in [6, 6.07) is 0. The van der Waals surface area contributed by atoms with Crippen molar-refractivity contribution in [1.82, 2.24) is 0 Å². The zero-order chi connectivity index (χ0) is 18.7. The Morgan fingerprint density at radius 2 is 1.75 bits per heavy atom. The van der Waals surface area contributed by atoms with Crippen LogP contribution in [0.2, 0.25) is 0 Å². The monoisotopic (exact) mass is 394 g/mol. The maximum absolute atomic E-state index is 10.8. The fourth-order valence-electron chi connectivity index (χ4n) is 2.42. The van der Waals surface area contributed by atoms with Crippen LogP contribution in [0.5, 0.6) is 0 Å². The largest absolute Gasteiger partial charge is 0.726 e. The fraction of sp³-hybridized carbons (Fsp3) is 1.00. The van der Waals surface area contributed by atoms with Crippen molar-refractivity contribution in [1.29, 1.82) is 0 Å². The molecular weight excluding hydrogens is 372 g/mol. The summed E-state index contributed by atoms with van der Waals surface area (Å²) in [5.74, 6) is -0.298. The molecule has 0 radical (unpaired) electrons. The topological polar surface area (TPSA) is 208 Å². The summed E-state index contributed by atoms with van der Waals surface area (Å²) < 4.78 is 36.4. The quantitative estimate of drug-likeness (QED) is 0.111. The average molecular weight is 394 g/mol. The van der Waals surface area contributed by atoms with E-state index >= 15 is 0 Å². The van der Waals surface area contributed by atoms with E-state index in [0.29, 0.717) is 0 Å². The van der Waals surface area contributed by atoms with E-state index in [0.717, 1.165) is 0 Å². The summed E-state index contributed by atoms with van der Waals surface area (Å²) in [5.41, 5.74) is 0. The first-order chi connectivity index (χ1) is 11.0. The van der Waals surface area contributed by atoms with E-state index < -0.39 is 76.4 Å². The Morgan fingerprint density at radius 3 is 2.21 bits per heavy atom. The molecule has 8 atom stereocenters. The van der Waals surface area contributed by atoms with Gasteiger partial charge in [-0.3, -0.25) is 4.18 Å². The molecule has 0 aromatic carbocycles. The molecule has 5 unspecified atom stereocenters. The van der Waals surface area contributed by atoms with Gasteiger partial charge in [0.2, 0.25) is 10.4 Å². The van der Waals surface area contributed by atoms with Crippen molar-refractivity contribution in [2.24, 2.45) is 0 Å². The van der Waals surface area contributed by atoms with Crippen LogP contribution in [0.4, 0.5) is 0 Å². The van der Waals surface area contributed by atoms with Gasteiger partial charge >= 0.3 is 0 Å². The summed E-state index contributed by atoms with van der Waals surface area (Å²) in [6.07, 6.45) is -10.2. The Morgan fingerprint density at radius 1 is 1.17 bits per heavy atom. The second kappa shape index (κ2) is 9.05. The van der Waals surface area contributed by atoms with E-state index in [2.05, 4.69) is 4.18 Å². The van der Waals surface area contributed by atoms with Crippen LogP contribution in [-0.2, 0) is 25.5 Å². The molecule has 1 fully saturated rings. The van der Waals surface area contributed by atoms with Crippen LogP contribution >= 0.6 is 0 Å². The van der Waals surface area contributed by atoms with Gasteiger partial charge in [-0.15, -0.1) is 0 Å². The molecule has 7 N–H and O–H groups in total. The molecule has 0 saturated carbocycles. The Balaban J connectivity index is 2.89. The molecule has 1 aliphatic rings. The van der Waals surface area contributed by atoms with Crippen molar-refractivity contribution in [3.8, 4) is 0 Å². The minimum absolute atomic E-state index is 0.0128. The van der Waals surface area contributed by atoms with Gasteiger partial charge in [0.15, 0.2) is 5.25 Å². The first-order valence-electron chi connectivity index (χ1n) is 6.94. The van der Waals surface area contributed by atoms with Gasteiger partial charge in [0.25, 0.3) is 0 Å². The maximum atomic E-state index is 10.8. The molecule has 24 heavy (non-hydrogen) atoms. The minimum Gasteiger partial charge on any atom is -0.726 e. The van der Waals surface area contributed by atoms with Gasteiger partial charge in [0.05, 0.1) is 13.2 Å². The number of hydrogen-bond acceptors (Lipinski definition) is 11. The number of aliphatic hydroxyl groups is 7. The third-order valence-electron chi connectivity index (χ3n) is 3.68. The van der Waals surface area contributed by atoms with Crippen LogP contribution < -0.4 is 0 Å². The van der Waals surface area contributed by atoms with Crippen LogP contribution in [-0.4, -0.2) is 115 Å². The van der Waals surface area contributed by atoms with Gasteiger partial charge in [-0.2, -0.15) is 0 Å². The van der Waals surface area contributed by atoms with Crippen LogP contribution in [0.3, 0.4) is 0 Å². The summed E-state index contributed by atoms with van der Waals surface area (Å²) in [6.45, 7) is -1.48. The zero-order valence-corrected chi connectivity index (χ0v) is 14.1. The number of aliphatic hydroxyl groups excluding tert-OH is 7. The second-order valence-electron chi connectivity index (χ2n) is 5.43. The summed E-state index contributed by atoms with van der Waals surface area (Å²) >= 11 is 0. The molecule has 1 rings (SSSR count). The first-order valence-corrected chi connectivity index (χ1v) is 9.90. The highest BCUT2D eigenvalue weighted by Crippen LogP contribution is 2.26. The Labute approximate surface area is 141 Å². The van der Waals surface area contributed by atoms with E-state index in [1.54, 1.807) is 0 Å². The molecule has 144 valence electrons. The van der Waals surface area contributed by atoms with E-state index in [-0.39, 0.29) is 11.5 Å². The number of rotatable bonds is 9. The molecular formula is C11H22O11S2.